The van der Waals surface area contributed by atoms with E-state index in [1.54, 1.807) is 9.80 Å². The van der Waals surface area contributed by atoms with Gasteiger partial charge in [0.2, 0.25) is 10.0 Å². The standard InChI is InChI=1S/C26H30N4O4S/c31-25(27-24-20-11-4-7-17(20)15-18-8-5-12-21(18)24)28-35(33,34)16-23-22-13-6-14-29(22)26(32)30(23)19-9-2-1-3-10-19/h1-3,9-10,15,22-23H,4-8,11-14,16H2,(H2,27,28,31)/t22-,23?/m1/s1. The van der Waals surface area contributed by atoms with Crippen LogP contribution in [0.4, 0.5) is 21.0 Å². The average Bonchev–Trinajstić information content (AvgIpc) is 3.60. The molecule has 2 fully saturated rings. The van der Waals surface area contributed by atoms with E-state index in [1.807, 2.05) is 30.3 Å². The smallest absolute Gasteiger partial charge is 0.319 e. The quantitative estimate of drug-likeness (QED) is 0.664. The predicted molar refractivity (Wildman–Crippen MR) is 134 cm³/mol. The van der Waals surface area contributed by atoms with Crippen molar-refractivity contribution in [2.45, 2.75) is 63.5 Å². The van der Waals surface area contributed by atoms with E-state index < -0.39 is 22.1 Å². The van der Waals surface area contributed by atoms with Crippen LogP contribution < -0.4 is 14.9 Å². The van der Waals surface area contributed by atoms with Gasteiger partial charge in [-0.25, -0.2) is 22.7 Å². The Balaban J connectivity index is 1.22. The van der Waals surface area contributed by atoms with Gasteiger partial charge in [0.1, 0.15) is 0 Å². The lowest BCUT2D eigenvalue weighted by molar-refractivity contribution is 0.218. The van der Waals surface area contributed by atoms with Crippen molar-refractivity contribution in [1.82, 2.24) is 9.62 Å². The third kappa shape index (κ3) is 3.95. The number of anilines is 2. The van der Waals surface area contributed by atoms with Crippen molar-refractivity contribution in [3.63, 3.8) is 0 Å². The Labute approximate surface area is 205 Å². The van der Waals surface area contributed by atoms with E-state index in [2.05, 4.69) is 16.1 Å². The molecule has 0 radical (unpaired) electrons. The summed E-state index contributed by atoms with van der Waals surface area (Å²) in [6.45, 7) is 0.627. The number of aryl methyl sites for hydroxylation is 2. The molecule has 4 amide bonds. The Morgan fingerprint density at radius 1 is 0.971 bits per heavy atom. The Bertz CT molecular complexity index is 1260. The Morgan fingerprint density at radius 2 is 1.66 bits per heavy atom. The Morgan fingerprint density at radius 3 is 2.34 bits per heavy atom. The molecule has 2 aromatic carbocycles. The number of para-hydroxylation sites is 1. The van der Waals surface area contributed by atoms with Crippen molar-refractivity contribution < 1.29 is 18.0 Å². The summed E-state index contributed by atoms with van der Waals surface area (Å²) in [6.07, 6.45) is 7.51. The summed E-state index contributed by atoms with van der Waals surface area (Å²) < 4.78 is 28.6. The molecule has 6 rings (SSSR count). The minimum atomic E-state index is -4.00. The molecule has 4 aliphatic rings. The summed E-state index contributed by atoms with van der Waals surface area (Å²) in [5, 5.41) is 2.90. The number of hydrogen-bond acceptors (Lipinski definition) is 4. The fourth-order valence-electron chi connectivity index (χ4n) is 6.47. The normalized spacial score (nSPS) is 22.8. The van der Waals surface area contributed by atoms with Crippen LogP contribution in [0.5, 0.6) is 0 Å². The Kier molecular flexibility index (Phi) is 5.47. The van der Waals surface area contributed by atoms with Crippen LogP contribution in [0.25, 0.3) is 0 Å². The number of carbonyl (C=O) groups is 2. The van der Waals surface area contributed by atoms with Crippen LogP contribution in [-0.2, 0) is 35.7 Å². The minimum absolute atomic E-state index is 0.168. The third-order valence-electron chi connectivity index (χ3n) is 7.91. The first kappa shape index (κ1) is 22.4. The Hall–Kier alpha value is -3.07. The van der Waals surface area contributed by atoms with Crippen molar-refractivity contribution in [3.05, 3.63) is 58.7 Å². The number of carbonyl (C=O) groups excluding carboxylic acids is 2. The largest absolute Gasteiger partial charge is 0.332 e. The summed E-state index contributed by atoms with van der Waals surface area (Å²) in [7, 11) is -4.00. The van der Waals surface area contributed by atoms with Crippen LogP contribution in [0.2, 0.25) is 0 Å². The molecule has 2 atom stereocenters. The molecule has 184 valence electrons. The highest BCUT2D eigenvalue weighted by molar-refractivity contribution is 7.90. The molecule has 2 aliphatic carbocycles. The topological polar surface area (TPSA) is 98.8 Å². The van der Waals surface area contributed by atoms with Gasteiger partial charge in [0.25, 0.3) is 0 Å². The van der Waals surface area contributed by atoms with E-state index in [4.69, 9.17) is 0 Å². The average molecular weight is 495 g/mol. The molecule has 0 aromatic heterocycles. The second-order valence-electron chi connectivity index (χ2n) is 10.0. The van der Waals surface area contributed by atoms with Gasteiger partial charge in [-0.3, -0.25) is 4.90 Å². The van der Waals surface area contributed by atoms with Gasteiger partial charge < -0.3 is 10.2 Å². The van der Waals surface area contributed by atoms with E-state index >= 15 is 0 Å². The summed E-state index contributed by atoms with van der Waals surface area (Å²) in [5.74, 6) is -0.326. The van der Waals surface area contributed by atoms with Gasteiger partial charge in [-0.1, -0.05) is 24.3 Å². The lowest BCUT2D eigenvalue weighted by atomic mass is 9.99. The number of rotatable bonds is 5. The van der Waals surface area contributed by atoms with Crippen LogP contribution in [0.15, 0.2) is 36.4 Å². The number of nitrogens with zero attached hydrogens (tertiary/aromatic N) is 2. The molecule has 35 heavy (non-hydrogen) atoms. The van der Waals surface area contributed by atoms with Gasteiger partial charge in [-0.05, 0) is 85.8 Å². The van der Waals surface area contributed by atoms with Crippen molar-refractivity contribution in [3.8, 4) is 0 Å². The van der Waals surface area contributed by atoms with Crippen molar-refractivity contribution in [1.29, 1.82) is 0 Å². The SMILES string of the molecule is O=C(Nc1c2c(cc3c1CCC3)CCC2)NS(=O)(=O)CC1[C@H]2CCCN2C(=O)N1c1ccccc1. The monoisotopic (exact) mass is 494 g/mol. The zero-order valence-electron chi connectivity index (χ0n) is 19.6. The number of nitrogens with one attached hydrogen (secondary N) is 2. The molecule has 8 nitrogen and oxygen atoms in total. The molecule has 2 saturated heterocycles. The van der Waals surface area contributed by atoms with E-state index in [0.29, 0.717) is 12.2 Å². The number of benzene rings is 2. The van der Waals surface area contributed by atoms with E-state index in [0.717, 1.165) is 68.2 Å². The number of amides is 4. The van der Waals surface area contributed by atoms with E-state index in [-0.39, 0.29) is 17.8 Å². The lowest BCUT2D eigenvalue weighted by Gasteiger charge is -2.26. The van der Waals surface area contributed by atoms with Gasteiger partial charge in [0, 0.05) is 17.9 Å². The summed E-state index contributed by atoms with van der Waals surface area (Å²) in [4.78, 5) is 29.4. The zero-order valence-corrected chi connectivity index (χ0v) is 20.4. The molecule has 2 N–H and O–H groups in total. The highest BCUT2D eigenvalue weighted by Gasteiger charge is 2.50. The van der Waals surface area contributed by atoms with Gasteiger partial charge in [-0.2, -0.15) is 0 Å². The highest BCUT2D eigenvalue weighted by Crippen LogP contribution is 2.39. The third-order valence-corrected chi connectivity index (χ3v) is 9.19. The van der Waals surface area contributed by atoms with Gasteiger partial charge in [0.15, 0.2) is 0 Å². The van der Waals surface area contributed by atoms with Crippen LogP contribution in [0.1, 0.15) is 47.9 Å². The summed E-state index contributed by atoms with van der Waals surface area (Å²) in [6, 6.07) is 9.81. The van der Waals surface area contributed by atoms with Gasteiger partial charge in [-0.15, -0.1) is 0 Å². The first-order valence-electron chi connectivity index (χ1n) is 12.5. The molecule has 2 aliphatic heterocycles. The zero-order chi connectivity index (χ0) is 24.2. The second-order valence-corrected chi connectivity index (χ2v) is 11.8. The van der Waals surface area contributed by atoms with Crippen LogP contribution in [-0.4, -0.2) is 49.8 Å². The molecular weight excluding hydrogens is 464 g/mol. The number of urea groups is 2. The first-order chi connectivity index (χ1) is 16.9. The van der Waals surface area contributed by atoms with Gasteiger partial charge >= 0.3 is 12.1 Å². The van der Waals surface area contributed by atoms with E-state index in [1.165, 1.54) is 11.1 Å². The predicted octanol–water partition coefficient (Wildman–Crippen LogP) is 3.59. The summed E-state index contributed by atoms with van der Waals surface area (Å²) in [5.41, 5.74) is 6.32. The van der Waals surface area contributed by atoms with Gasteiger partial charge in [0.05, 0.1) is 17.8 Å². The molecule has 2 heterocycles. The fourth-order valence-corrected chi connectivity index (χ4v) is 7.71. The highest BCUT2D eigenvalue weighted by atomic mass is 32.2. The molecule has 2 aromatic rings. The lowest BCUT2D eigenvalue weighted by Crippen LogP contribution is -2.46. The van der Waals surface area contributed by atoms with Crippen molar-refractivity contribution in [2.24, 2.45) is 0 Å². The summed E-state index contributed by atoms with van der Waals surface area (Å²) >= 11 is 0. The molecule has 0 bridgehead atoms. The number of fused-ring (bicyclic) bond motifs is 3. The molecule has 9 heteroatoms. The number of sulfonamides is 1. The van der Waals surface area contributed by atoms with Crippen LogP contribution in [0.3, 0.4) is 0 Å². The fraction of sp³-hybridized carbons (Fsp3) is 0.462. The van der Waals surface area contributed by atoms with Crippen LogP contribution in [0, 0.1) is 0 Å². The van der Waals surface area contributed by atoms with Crippen molar-refractivity contribution >= 4 is 33.5 Å². The van der Waals surface area contributed by atoms with Crippen molar-refractivity contribution in [2.75, 3.05) is 22.5 Å². The molecule has 0 spiro atoms. The molecule has 1 unspecified atom stereocenters. The first-order valence-corrected chi connectivity index (χ1v) is 14.2. The van der Waals surface area contributed by atoms with Crippen LogP contribution >= 0.6 is 0 Å². The maximum Gasteiger partial charge on any atom is 0.332 e. The maximum absolute atomic E-state index is 13.2. The number of hydrogen-bond donors (Lipinski definition) is 2. The van der Waals surface area contributed by atoms with E-state index in [9.17, 15) is 18.0 Å². The molecule has 0 saturated carbocycles. The minimum Gasteiger partial charge on any atom is -0.319 e. The second kappa shape index (κ2) is 8.55. The molecular formula is C26H30N4O4S. The maximum atomic E-state index is 13.2.